The van der Waals surface area contributed by atoms with E-state index in [1.54, 1.807) is 108 Å². The lowest BCUT2D eigenvalue weighted by atomic mass is 9.78. The average molecular weight is 2290 g/mol. The zero-order valence-electron chi connectivity index (χ0n) is 90.7. The van der Waals surface area contributed by atoms with Crippen LogP contribution in [0, 0.1) is 27.7 Å². The van der Waals surface area contributed by atoms with Gasteiger partial charge in [-0.2, -0.15) is 20.4 Å². The zero-order chi connectivity index (χ0) is 109. The number of H-pyrrole nitrogens is 2. The van der Waals surface area contributed by atoms with Gasteiger partial charge in [0, 0.05) is 228 Å². The monoisotopic (exact) mass is 2290 g/mol. The van der Waals surface area contributed by atoms with Crippen LogP contribution in [0.1, 0.15) is 157 Å². The van der Waals surface area contributed by atoms with E-state index in [4.69, 9.17) is 66.2 Å². The largest absolute Gasteiger partial charge is 0.490 e. The van der Waals surface area contributed by atoms with Crippen molar-refractivity contribution in [2.45, 2.75) is 288 Å². The van der Waals surface area contributed by atoms with Crippen LogP contribution < -0.4 is 20.8 Å². The molecule has 15 heterocycles. The zero-order valence-corrected chi connectivity index (χ0v) is 100. The Labute approximate surface area is 919 Å². The number of carbonyl (C=O) groups is 5. The first-order valence-electron chi connectivity index (χ1n) is 50.8. The fourth-order valence-electron chi connectivity index (χ4n) is 16.0. The quantitative estimate of drug-likeness (QED) is 0.0114. The topological polar surface area (TPSA) is 386 Å². The van der Waals surface area contributed by atoms with Crippen LogP contribution in [-0.4, -0.2) is 238 Å². The van der Waals surface area contributed by atoms with Gasteiger partial charge in [-0.15, -0.1) is 45.3 Å². The standard InChI is InChI=1S/C21H34N4O3SSi.C18H33BN2O5Si.C17H16ClN5OS.C17H31N3O3Si.C14H11ClO2.C10H12N4S.C4H4BrNS.C4H8O/c1-15-22-17(13-29-15)19-16-12-24(20(26)28-21(2,3)4)9-8-18(16)25(23-19)14-27-10-11-30(5,6)7;1-18(2,3)26-17(22)20-8-7-16-14(11-20)15(19(23)24)12-21(16)13-25-9-10-27(4,5)6;1-10-19-15(9-25-10)16-13-8-23(6-5-14(13)21-22-16)17(24)20-12-4-2-3-11(18)7-12;1-17(2,3)23-16(21)19-8-7-15-14(12-19)11-18-20(15)13-22-9-10-24(4,5)6;15-12-6-4-5-11(9-12)10-14(16)17-13-7-2-1-3-8-13;1-6-12-9(5-15-6)10-7-4-11-3-2-8(7)13-14-10;1-3-6-4(5)2-7-3;1-2-4-5-3-1/h13H,8-12,14H2,1-7H3;12,23-24H,7-11,13H2,1-6H3;2-4,7,9H,5-6,8H2,1H3,(H,20,24)(H,21,22);11H,7-10,12-13H2,1-6H3;1-9H,10H2;5,11H,2-4H2,1H3,(H,13,14);2H,1H3;1-4H2. The van der Waals surface area contributed by atoms with Gasteiger partial charge in [0.1, 0.15) is 81.5 Å². The highest BCUT2D eigenvalue weighted by Gasteiger charge is 2.37. The van der Waals surface area contributed by atoms with E-state index in [0.717, 1.165) is 187 Å². The number of thiazole rings is 4. The number of aromatic amines is 2. The number of amides is 5. The number of aryl methyl sites for hydroxylation is 4. The third kappa shape index (κ3) is 39.7. The number of nitrogens with zero attached hydrogens (tertiary/aromatic N) is 15. The van der Waals surface area contributed by atoms with E-state index in [-0.39, 0.29) is 36.7 Å². The van der Waals surface area contributed by atoms with Crippen molar-refractivity contribution < 1.29 is 71.9 Å². The minimum absolute atomic E-state index is 0.144. The van der Waals surface area contributed by atoms with Crippen LogP contribution in [0.25, 0.3) is 34.2 Å². The van der Waals surface area contributed by atoms with Gasteiger partial charge >= 0.3 is 37.4 Å². The van der Waals surface area contributed by atoms with Crippen molar-refractivity contribution >= 4 is 157 Å². The first-order valence-corrected chi connectivity index (χ1v) is 66.9. The number of anilines is 1. The molecule has 0 aliphatic carbocycles. The van der Waals surface area contributed by atoms with E-state index >= 15 is 0 Å². The molecule has 18 rings (SSSR count). The molecule has 3 aromatic carbocycles. The maximum absolute atomic E-state index is 12.6. The molecule has 6 aliphatic rings. The first kappa shape index (κ1) is 121. The molecule has 5 amide bonds. The highest BCUT2D eigenvalue weighted by atomic mass is 79.9. The smallest absolute Gasteiger partial charge is 0.444 e. The van der Waals surface area contributed by atoms with Gasteiger partial charge in [-0.3, -0.25) is 15.0 Å². The molecule has 814 valence electrons. The third-order valence-corrected chi connectivity index (χ3v) is 33.0. The molecule has 9 aromatic heterocycles. The Morgan fingerprint density at radius 3 is 1.48 bits per heavy atom. The van der Waals surface area contributed by atoms with Crippen LogP contribution in [0.4, 0.5) is 24.9 Å². The van der Waals surface area contributed by atoms with Gasteiger partial charge in [0.2, 0.25) is 0 Å². The summed E-state index contributed by atoms with van der Waals surface area (Å²) in [5.74, 6) is 0.262. The maximum atomic E-state index is 12.6. The molecule has 6 aliphatic heterocycles. The molecular weight excluding hydrogens is 2140 g/mol. The predicted molar refractivity (Wildman–Crippen MR) is 609 cm³/mol. The normalized spacial score (nSPS) is 14.2. The number of aromatic nitrogens is 13. The summed E-state index contributed by atoms with van der Waals surface area (Å²) < 4.78 is 50.9. The second kappa shape index (κ2) is 55.9. The Bertz CT molecular complexity index is 6340. The molecular formula is C105H149BBrCl2N19O15S4Si3. The minimum Gasteiger partial charge on any atom is -0.444 e. The molecule has 0 spiro atoms. The lowest BCUT2D eigenvalue weighted by Gasteiger charge is -2.31. The van der Waals surface area contributed by atoms with Gasteiger partial charge in [-0.1, -0.05) is 119 Å². The fraction of sp³-hybridized carbons (Fsp3) is 0.514. The highest BCUT2D eigenvalue weighted by Crippen LogP contribution is 2.36. The van der Waals surface area contributed by atoms with Gasteiger partial charge in [-0.05, 0) is 191 Å². The number of carbonyl (C=O) groups excluding carboxylic acids is 5. The number of nitrogens with one attached hydrogen (secondary N) is 4. The van der Waals surface area contributed by atoms with Crippen molar-refractivity contribution in [2.75, 3.05) is 71.1 Å². The number of benzene rings is 3. The van der Waals surface area contributed by atoms with E-state index in [1.165, 1.54) is 29.8 Å². The summed E-state index contributed by atoms with van der Waals surface area (Å²) in [7, 11) is -4.93. The molecule has 34 nitrogen and oxygen atoms in total. The third-order valence-electron chi connectivity index (χ3n) is 23.7. The molecule has 12 aromatic rings. The molecule has 45 heteroatoms. The molecule has 0 unspecified atom stereocenters. The van der Waals surface area contributed by atoms with Crippen molar-refractivity contribution in [3.63, 3.8) is 0 Å². The first-order chi connectivity index (χ1) is 70.8. The number of hydrogen-bond acceptors (Lipinski definition) is 28. The van der Waals surface area contributed by atoms with Crippen molar-refractivity contribution in [1.29, 1.82) is 0 Å². The van der Waals surface area contributed by atoms with Crippen molar-refractivity contribution in [2.24, 2.45) is 0 Å². The summed E-state index contributed by atoms with van der Waals surface area (Å²) in [4.78, 5) is 86.0. The van der Waals surface area contributed by atoms with Crippen LogP contribution in [0.2, 0.25) is 87.1 Å². The van der Waals surface area contributed by atoms with Crippen LogP contribution >= 0.6 is 84.5 Å². The molecule has 0 bridgehead atoms. The van der Waals surface area contributed by atoms with Crippen molar-refractivity contribution in [3.8, 4) is 39.9 Å². The number of fused-ring (bicyclic) bond motifs is 5. The summed E-state index contributed by atoms with van der Waals surface area (Å²) >= 11 is 21.6. The summed E-state index contributed by atoms with van der Waals surface area (Å²) in [5, 5.41) is 63.5. The molecule has 1 saturated heterocycles. The summed E-state index contributed by atoms with van der Waals surface area (Å²) in [6.07, 6.45) is 9.32. The number of para-hydroxylation sites is 1. The van der Waals surface area contributed by atoms with Gasteiger partial charge in [0.05, 0.1) is 58.8 Å². The van der Waals surface area contributed by atoms with Crippen LogP contribution in [-0.2, 0) is 129 Å². The Kier molecular flexibility index (Phi) is 45.0. The van der Waals surface area contributed by atoms with Gasteiger partial charge < -0.3 is 82.7 Å². The number of esters is 1. The Hall–Kier alpha value is -9.65. The number of urea groups is 1. The number of hydrogen-bond donors (Lipinski definition) is 6. The lowest BCUT2D eigenvalue weighted by molar-refractivity contribution is -0.133. The Morgan fingerprint density at radius 2 is 0.993 bits per heavy atom. The predicted octanol–water partition coefficient (Wildman–Crippen LogP) is 22.3. The van der Waals surface area contributed by atoms with Crippen LogP contribution in [0.3, 0.4) is 0 Å². The Balaban J connectivity index is 0.000000168. The van der Waals surface area contributed by atoms with Crippen molar-refractivity contribution in [1.82, 2.24) is 89.4 Å². The minimum atomic E-state index is -1.58. The summed E-state index contributed by atoms with van der Waals surface area (Å²) in [5.41, 5.74) is 16.7. The fourth-order valence-corrected chi connectivity index (χ4v) is 21.6. The molecule has 150 heavy (non-hydrogen) atoms. The Morgan fingerprint density at radius 1 is 0.520 bits per heavy atom. The van der Waals surface area contributed by atoms with E-state index in [0.29, 0.717) is 113 Å². The highest BCUT2D eigenvalue weighted by molar-refractivity contribution is 9.10. The molecule has 1 fully saturated rings. The molecule has 0 saturated carbocycles. The molecule has 6 N–H and O–H groups in total. The van der Waals surface area contributed by atoms with Crippen LogP contribution in [0.5, 0.6) is 5.75 Å². The molecule has 0 radical (unpaired) electrons. The lowest BCUT2D eigenvalue weighted by Crippen LogP contribution is -2.42. The second-order valence-corrected chi connectivity index (χ2v) is 66.5. The van der Waals surface area contributed by atoms with E-state index in [2.05, 4.69) is 136 Å². The SMILES string of the molecule is C1CCOC1.CC(C)(C)OC(=O)N1CCc2c(c(B(O)O)cn2COCC[Si](C)(C)C)C1.CC(C)(C)OC(=O)N1CCc2c(cnn2COCC[Si](C)(C)C)C1.Cc1nc(-c2n[nH]c3c2CN(C(=O)Nc2cccc(Cl)c2)CC3)cs1.Cc1nc(-c2n[nH]c3c2CNCC3)cs1.Cc1nc(-c2nn(COCC[Si](C)(C)C)c3c2CN(C(=O)OC(C)(C)C)CC3)cs1.Cc1nc(Br)cs1.O=C(Cc1cccc(Cl)c1)Oc1ccccc1. The van der Waals surface area contributed by atoms with E-state index < -0.39 is 48.1 Å². The van der Waals surface area contributed by atoms with E-state index in [1.807, 2.05) is 169 Å². The van der Waals surface area contributed by atoms with Crippen LogP contribution in [0.15, 0.2) is 117 Å². The van der Waals surface area contributed by atoms with Gasteiger partial charge in [0.15, 0.2) is 0 Å². The summed E-state index contributed by atoms with van der Waals surface area (Å²) in [6, 6.07) is 26.5. The second-order valence-electron chi connectivity index (χ2n) is 43.7. The molecule has 0 atom stereocenters. The maximum Gasteiger partial charge on any atom is 0.490 e. The summed E-state index contributed by atoms with van der Waals surface area (Å²) in [6.45, 7) is 57.5. The van der Waals surface area contributed by atoms with E-state index in [9.17, 15) is 34.0 Å². The number of halogens is 3. The van der Waals surface area contributed by atoms with Gasteiger partial charge in [-0.25, -0.2) is 48.5 Å². The van der Waals surface area contributed by atoms with Gasteiger partial charge in [0.25, 0.3) is 0 Å². The van der Waals surface area contributed by atoms with Crippen molar-refractivity contribution in [3.05, 3.63) is 209 Å². The number of ether oxygens (including phenoxy) is 8. The average Bonchev–Trinajstić information content (AvgIpc) is 1.36. The number of rotatable bonds is 23.